The van der Waals surface area contributed by atoms with E-state index in [0.717, 1.165) is 40.7 Å². The zero-order chi connectivity index (χ0) is 25.2. The summed E-state index contributed by atoms with van der Waals surface area (Å²) < 4.78 is 8.04. The molecule has 0 atom stereocenters. The van der Waals surface area contributed by atoms with Gasteiger partial charge in [-0.15, -0.1) is 0 Å². The van der Waals surface area contributed by atoms with E-state index in [0.29, 0.717) is 28.2 Å². The van der Waals surface area contributed by atoms with Gasteiger partial charge in [-0.25, -0.2) is 0 Å². The number of thiocarbonyl (C=S) groups is 1. The van der Waals surface area contributed by atoms with Gasteiger partial charge in [-0.05, 0) is 80.0 Å². The van der Waals surface area contributed by atoms with Crippen molar-refractivity contribution < 1.29 is 9.53 Å². The first kappa shape index (κ1) is 24.1. The van der Waals surface area contributed by atoms with Crippen molar-refractivity contribution in [2.45, 2.75) is 26.8 Å². The van der Waals surface area contributed by atoms with Gasteiger partial charge in [0.2, 0.25) is 0 Å². The summed E-state index contributed by atoms with van der Waals surface area (Å²) in [6.45, 7) is 5.39. The minimum atomic E-state index is -0.159. The molecule has 36 heavy (non-hydrogen) atoms. The number of amides is 1. The lowest BCUT2D eigenvalue weighted by Crippen LogP contribution is -2.30. The Hall–Kier alpha value is -3.61. The molecule has 1 aromatic heterocycles. The van der Waals surface area contributed by atoms with Crippen LogP contribution in [0.2, 0.25) is 5.02 Å². The molecule has 0 unspecified atom stereocenters. The van der Waals surface area contributed by atoms with Crippen molar-refractivity contribution in [3.05, 3.63) is 100 Å². The number of nitrogens with zero attached hydrogens (tertiary/aromatic N) is 2. The molecule has 182 valence electrons. The molecule has 1 saturated heterocycles. The fourth-order valence-electron chi connectivity index (χ4n) is 4.34. The lowest BCUT2D eigenvalue weighted by Gasteiger charge is -2.15. The van der Waals surface area contributed by atoms with Gasteiger partial charge >= 0.3 is 0 Å². The molecule has 0 aliphatic carbocycles. The van der Waals surface area contributed by atoms with E-state index in [2.05, 4.69) is 28.2 Å². The Kier molecular flexibility index (Phi) is 6.81. The van der Waals surface area contributed by atoms with Crippen molar-refractivity contribution in [3.8, 4) is 5.75 Å². The second-order valence-electron chi connectivity index (χ2n) is 8.82. The normalized spacial score (nSPS) is 14.6. The van der Waals surface area contributed by atoms with Crippen LogP contribution in [-0.4, -0.2) is 22.2 Å². The summed E-state index contributed by atoms with van der Waals surface area (Å²) in [5, 5.41) is 5.18. The van der Waals surface area contributed by atoms with Crippen molar-refractivity contribution in [2.75, 3.05) is 11.5 Å². The summed E-state index contributed by atoms with van der Waals surface area (Å²) >= 11 is 11.7. The number of benzene rings is 3. The fourth-order valence-corrected chi connectivity index (χ4v) is 4.83. The molecule has 0 radical (unpaired) electrons. The highest BCUT2D eigenvalue weighted by molar-refractivity contribution is 7.80. The number of hydrogen-bond acceptors (Lipinski definition) is 3. The van der Waals surface area contributed by atoms with E-state index in [-0.39, 0.29) is 5.91 Å². The first-order valence-corrected chi connectivity index (χ1v) is 12.6. The average Bonchev–Trinajstić information content (AvgIpc) is 3.36. The van der Waals surface area contributed by atoms with Crippen LogP contribution in [0.3, 0.4) is 0 Å². The van der Waals surface area contributed by atoms with E-state index < -0.39 is 0 Å². The smallest absolute Gasteiger partial charge is 0.281 e. The summed E-state index contributed by atoms with van der Waals surface area (Å²) in [7, 11) is 0. The predicted octanol–water partition coefficient (Wildman–Crippen LogP) is 6.64. The largest absolute Gasteiger partial charge is 0.492 e. The van der Waals surface area contributed by atoms with Crippen molar-refractivity contribution in [1.82, 2.24) is 9.88 Å². The molecule has 5 rings (SSSR count). The number of rotatable bonds is 7. The Morgan fingerprint density at radius 3 is 2.61 bits per heavy atom. The standard InChI is InChI=1S/C29H26ClN3O2S/c1-19-12-13-22(16-20(19)2)33-28(34)25(31-29(33)36)17-21-18-32(26-10-5-3-8-23(21)26)14-7-15-35-27-11-6-4-9-24(27)30/h3-6,8-13,16-18H,7,14-15H2,1-2H3,(H,31,36)/b25-17-. The van der Waals surface area contributed by atoms with Crippen LogP contribution in [0.4, 0.5) is 5.69 Å². The minimum absolute atomic E-state index is 0.159. The van der Waals surface area contributed by atoms with Crippen LogP contribution in [0.25, 0.3) is 17.0 Å². The number of aryl methyl sites for hydroxylation is 3. The fraction of sp³-hybridized carbons (Fsp3) is 0.172. The summed E-state index contributed by atoms with van der Waals surface area (Å²) in [6.07, 6.45) is 4.76. The summed E-state index contributed by atoms with van der Waals surface area (Å²) in [5.74, 6) is 0.533. The lowest BCUT2D eigenvalue weighted by molar-refractivity contribution is -0.113. The third-order valence-electron chi connectivity index (χ3n) is 6.38. The molecule has 1 amide bonds. The minimum Gasteiger partial charge on any atom is -0.492 e. The number of para-hydroxylation sites is 2. The quantitative estimate of drug-likeness (QED) is 0.170. The molecule has 1 N–H and O–H groups in total. The zero-order valence-corrected chi connectivity index (χ0v) is 21.7. The number of halogens is 1. The van der Waals surface area contributed by atoms with Gasteiger partial charge in [0.1, 0.15) is 11.4 Å². The number of aromatic nitrogens is 1. The van der Waals surface area contributed by atoms with Crippen molar-refractivity contribution in [2.24, 2.45) is 0 Å². The maximum Gasteiger partial charge on any atom is 0.281 e. The molecule has 1 fully saturated rings. The molecule has 1 aliphatic rings. The first-order chi connectivity index (χ1) is 17.4. The second kappa shape index (κ2) is 10.2. The molecule has 3 aromatic carbocycles. The van der Waals surface area contributed by atoms with Crippen LogP contribution in [0.5, 0.6) is 5.75 Å². The maximum atomic E-state index is 13.3. The van der Waals surface area contributed by atoms with Gasteiger partial charge in [-0.2, -0.15) is 0 Å². The highest BCUT2D eigenvalue weighted by Gasteiger charge is 2.32. The van der Waals surface area contributed by atoms with Crippen LogP contribution < -0.4 is 15.0 Å². The van der Waals surface area contributed by atoms with Crippen LogP contribution in [0, 0.1) is 13.8 Å². The average molecular weight is 516 g/mol. The van der Waals surface area contributed by atoms with Gasteiger partial charge in [-0.3, -0.25) is 9.69 Å². The lowest BCUT2D eigenvalue weighted by atomic mass is 10.1. The number of hydrogen-bond donors (Lipinski definition) is 1. The zero-order valence-electron chi connectivity index (χ0n) is 20.1. The van der Waals surface area contributed by atoms with Gasteiger partial charge in [0.15, 0.2) is 5.11 Å². The molecular formula is C29H26ClN3O2S. The highest BCUT2D eigenvalue weighted by atomic mass is 35.5. The molecule has 0 bridgehead atoms. The third-order valence-corrected chi connectivity index (χ3v) is 6.98. The SMILES string of the molecule is Cc1ccc(N2C(=O)/C(=C/c3cn(CCCOc4ccccc4Cl)c4ccccc34)NC2=S)cc1C. The van der Waals surface area contributed by atoms with E-state index in [1.165, 1.54) is 5.56 Å². The Labute approximate surface area is 220 Å². The molecule has 5 nitrogen and oxygen atoms in total. The van der Waals surface area contributed by atoms with Gasteiger partial charge in [-0.1, -0.05) is 48.0 Å². The molecular weight excluding hydrogens is 490 g/mol. The highest BCUT2D eigenvalue weighted by Crippen LogP contribution is 2.28. The number of fused-ring (bicyclic) bond motifs is 1. The number of ether oxygens (including phenoxy) is 1. The summed E-state index contributed by atoms with van der Waals surface area (Å²) in [6, 6.07) is 21.6. The number of nitrogens with one attached hydrogen (secondary N) is 1. The van der Waals surface area contributed by atoms with Crippen LogP contribution in [0.1, 0.15) is 23.1 Å². The van der Waals surface area contributed by atoms with E-state index in [1.807, 2.05) is 74.5 Å². The first-order valence-electron chi connectivity index (χ1n) is 11.8. The molecule has 2 heterocycles. The van der Waals surface area contributed by atoms with E-state index >= 15 is 0 Å². The second-order valence-corrected chi connectivity index (χ2v) is 9.62. The van der Waals surface area contributed by atoms with E-state index in [9.17, 15) is 4.79 Å². The molecule has 4 aromatic rings. The Bertz CT molecular complexity index is 1510. The Balaban J connectivity index is 1.36. The van der Waals surface area contributed by atoms with Gasteiger partial charge in [0.25, 0.3) is 5.91 Å². The van der Waals surface area contributed by atoms with E-state index in [1.54, 1.807) is 4.90 Å². The number of anilines is 1. The molecule has 1 aliphatic heterocycles. The van der Waals surface area contributed by atoms with Gasteiger partial charge < -0.3 is 14.6 Å². The van der Waals surface area contributed by atoms with Crippen molar-refractivity contribution in [1.29, 1.82) is 0 Å². The molecule has 0 saturated carbocycles. The maximum absolute atomic E-state index is 13.3. The van der Waals surface area contributed by atoms with Crippen LogP contribution >= 0.6 is 23.8 Å². The third kappa shape index (κ3) is 4.74. The number of carbonyl (C=O) groups is 1. The number of carbonyl (C=O) groups excluding carboxylic acids is 1. The van der Waals surface area contributed by atoms with E-state index in [4.69, 9.17) is 28.6 Å². The Morgan fingerprint density at radius 1 is 1.03 bits per heavy atom. The van der Waals surface area contributed by atoms with Crippen molar-refractivity contribution >= 4 is 57.5 Å². The van der Waals surface area contributed by atoms with Crippen LogP contribution in [0.15, 0.2) is 78.6 Å². The molecule has 0 spiro atoms. The summed E-state index contributed by atoms with van der Waals surface area (Å²) in [5.41, 5.74) is 5.57. The predicted molar refractivity (Wildman–Crippen MR) is 151 cm³/mol. The topological polar surface area (TPSA) is 46.5 Å². The monoisotopic (exact) mass is 515 g/mol. The Morgan fingerprint density at radius 2 is 1.81 bits per heavy atom. The van der Waals surface area contributed by atoms with Gasteiger partial charge in [0.05, 0.1) is 17.3 Å². The molecule has 7 heteroatoms. The van der Waals surface area contributed by atoms with Crippen LogP contribution in [-0.2, 0) is 11.3 Å². The van der Waals surface area contributed by atoms with Gasteiger partial charge in [0, 0.05) is 29.2 Å². The van der Waals surface area contributed by atoms with Crippen molar-refractivity contribution in [3.63, 3.8) is 0 Å². The summed E-state index contributed by atoms with van der Waals surface area (Å²) in [4.78, 5) is 14.9.